The highest BCUT2D eigenvalue weighted by Gasteiger charge is 2.03. The van der Waals surface area contributed by atoms with E-state index in [0.29, 0.717) is 19.1 Å². The van der Waals surface area contributed by atoms with Crippen LogP contribution in [0.2, 0.25) is 0 Å². The van der Waals surface area contributed by atoms with Crippen LogP contribution in [0.1, 0.15) is 5.56 Å². The second-order valence-electron chi connectivity index (χ2n) is 4.01. The van der Waals surface area contributed by atoms with E-state index in [1.165, 1.54) is 0 Å². The van der Waals surface area contributed by atoms with Crippen LogP contribution in [0.25, 0.3) is 0 Å². The molecule has 0 bridgehead atoms. The van der Waals surface area contributed by atoms with E-state index in [4.69, 9.17) is 9.47 Å². The quantitative estimate of drug-likeness (QED) is 0.774. The monoisotopic (exact) mass is 258 g/mol. The van der Waals surface area contributed by atoms with E-state index < -0.39 is 0 Å². The predicted octanol–water partition coefficient (Wildman–Crippen LogP) is 2.26. The van der Waals surface area contributed by atoms with Crippen LogP contribution in [0.15, 0.2) is 48.7 Å². The van der Waals surface area contributed by atoms with Crippen molar-refractivity contribution in [2.75, 3.05) is 20.3 Å². The summed E-state index contributed by atoms with van der Waals surface area (Å²) in [7, 11) is 1.90. The molecule has 0 aliphatic carbocycles. The van der Waals surface area contributed by atoms with Crippen molar-refractivity contribution in [1.82, 2.24) is 10.3 Å². The van der Waals surface area contributed by atoms with Gasteiger partial charge in [0.15, 0.2) is 0 Å². The summed E-state index contributed by atoms with van der Waals surface area (Å²) < 4.78 is 11.2. The minimum atomic E-state index is 0.475. The third-order valence-electron chi connectivity index (χ3n) is 2.55. The van der Waals surface area contributed by atoms with Crippen LogP contribution in [-0.4, -0.2) is 25.2 Å². The number of nitrogens with zero attached hydrogens (tertiary/aromatic N) is 1. The largest absolute Gasteiger partial charge is 0.490 e. The summed E-state index contributed by atoms with van der Waals surface area (Å²) >= 11 is 0. The minimum absolute atomic E-state index is 0.475. The molecule has 1 aromatic carbocycles. The molecule has 0 atom stereocenters. The molecule has 1 heterocycles. The van der Waals surface area contributed by atoms with Crippen LogP contribution in [0, 0.1) is 0 Å². The van der Waals surface area contributed by atoms with Gasteiger partial charge in [-0.25, -0.2) is 4.98 Å². The molecule has 0 fully saturated rings. The van der Waals surface area contributed by atoms with Crippen LogP contribution in [0.5, 0.6) is 11.6 Å². The Bertz CT molecular complexity index is 489. The van der Waals surface area contributed by atoms with E-state index in [0.717, 1.165) is 17.9 Å². The van der Waals surface area contributed by atoms with Crippen molar-refractivity contribution in [1.29, 1.82) is 0 Å². The van der Waals surface area contributed by atoms with Crippen LogP contribution in [-0.2, 0) is 6.54 Å². The highest BCUT2D eigenvalue weighted by Crippen LogP contribution is 2.14. The third-order valence-corrected chi connectivity index (χ3v) is 2.55. The summed E-state index contributed by atoms with van der Waals surface area (Å²) in [6.45, 7) is 1.71. The van der Waals surface area contributed by atoms with Gasteiger partial charge in [0.25, 0.3) is 0 Å². The van der Waals surface area contributed by atoms with Gasteiger partial charge >= 0.3 is 0 Å². The SMILES string of the molecule is CNCc1cccnc1OCCOc1ccccc1. The smallest absolute Gasteiger partial charge is 0.217 e. The molecule has 0 saturated heterocycles. The fourth-order valence-corrected chi connectivity index (χ4v) is 1.69. The van der Waals surface area contributed by atoms with Crippen LogP contribution >= 0.6 is 0 Å². The molecule has 4 heteroatoms. The van der Waals surface area contributed by atoms with Gasteiger partial charge in [0.2, 0.25) is 5.88 Å². The lowest BCUT2D eigenvalue weighted by Crippen LogP contribution is -2.13. The lowest BCUT2D eigenvalue weighted by atomic mass is 10.3. The second-order valence-corrected chi connectivity index (χ2v) is 4.01. The summed E-state index contributed by atoms with van der Waals surface area (Å²) in [4.78, 5) is 4.22. The van der Waals surface area contributed by atoms with Gasteiger partial charge in [0.05, 0.1) is 0 Å². The Balaban J connectivity index is 1.79. The van der Waals surface area contributed by atoms with Gasteiger partial charge < -0.3 is 14.8 Å². The van der Waals surface area contributed by atoms with Crippen molar-refractivity contribution in [2.45, 2.75) is 6.54 Å². The number of aromatic nitrogens is 1. The Hall–Kier alpha value is -2.07. The fourth-order valence-electron chi connectivity index (χ4n) is 1.69. The Morgan fingerprint density at radius 3 is 2.58 bits per heavy atom. The lowest BCUT2D eigenvalue weighted by molar-refractivity contribution is 0.210. The average Bonchev–Trinajstić information content (AvgIpc) is 2.47. The predicted molar refractivity (Wildman–Crippen MR) is 74.4 cm³/mol. The zero-order valence-electron chi connectivity index (χ0n) is 11.0. The minimum Gasteiger partial charge on any atom is -0.490 e. The Labute approximate surface area is 113 Å². The Kier molecular flexibility index (Phi) is 5.19. The molecule has 1 aromatic heterocycles. The van der Waals surface area contributed by atoms with E-state index in [9.17, 15) is 0 Å². The number of nitrogens with one attached hydrogen (secondary N) is 1. The zero-order valence-corrected chi connectivity index (χ0v) is 11.0. The van der Waals surface area contributed by atoms with E-state index in [2.05, 4.69) is 10.3 Å². The molecule has 0 spiro atoms. The second kappa shape index (κ2) is 7.38. The number of benzene rings is 1. The number of ether oxygens (including phenoxy) is 2. The first-order valence-electron chi connectivity index (χ1n) is 6.29. The standard InChI is InChI=1S/C15H18N2O2/c1-16-12-13-6-5-9-17-15(13)19-11-10-18-14-7-3-2-4-8-14/h2-9,16H,10-12H2,1H3. The Morgan fingerprint density at radius 1 is 1.00 bits per heavy atom. The van der Waals surface area contributed by atoms with Crippen molar-refractivity contribution in [3.63, 3.8) is 0 Å². The summed E-state index contributed by atoms with van der Waals surface area (Å²) in [5.41, 5.74) is 1.05. The molecule has 0 radical (unpaired) electrons. The van der Waals surface area contributed by atoms with Gasteiger partial charge in [-0.1, -0.05) is 24.3 Å². The first-order chi connectivity index (χ1) is 9.40. The first-order valence-corrected chi connectivity index (χ1v) is 6.29. The average molecular weight is 258 g/mol. The van der Waals surface area contributed by atoms with Crippen molar-refractivity contribution in [2.24, 2.45) is 0 Å². The molecule has 2 rings (SSSR count). The van der Waals surface area contributed by atoms with Crippen molar-refractivity contribution < 1.29 is 9.47 Å². The number of hydrogen-bond donors (Lipinski definition) is 1. The van der Waals surface area contributed by atoms with Gasteiger partial charge in [0, 0.05) is 18.3 Å². The normalized spacial score (nSPS) is 10.2. The van der Waals surface area contributed by atoms with Gasteiger partial charge in [-0.3, -0.25) is 0 Å². The van der Waals surface area contributed by atoms with Crippen LogP contribution < -0.4 is 14.8 Å². The summed E-state index contributed by atoms with van der Waals surface area (Å²) in [6, 6.07) is 13.6. The van der Waals surface area contributed by atoms with Gasteiger partial charge in [-0.15, -0.1) is 0 Å². The Morgan fingerprint density at radius 2 is 1.79 bits per heavy atom. The van der Waals surface area contributed by atoms with E-state index >= 15 is 0 Å². The summed E-state index contributed by atoms with van der Waals surface area (Å²) in [6.07, 6.45) is 1.73. The highest BCUT2D eigenvalue weighted by atomic mass is 16.5. The van der Waals surface area contributed by atoms with E-state index in [-0.39, 0.29) is 0 Å². The molecule has 0 aliphatic rings. The number of para-hydroxylation sites is 1. The molecular formula is C15H18N2O2. The van der Waals surface area contributed by atoms with E-state index in [1.54, 1.807) is 6.20 Å². The molecule has 100 valence electrons. The zero-order chi connectivity index (χ0) is 13.3. The molecule has 2 aromatic rings. The maximum absolute atomic E-state index is 5.64. The van der Waals surface area contributed by atoms with Crippen molar-refractivity contribution in [3.8, 4) is 11.6 Å². The van der Waals surface area contributed by atoms with Gasteiger partial charge in [0.1, 0.15) is 19.0 Å². The molecule has 19 heavy (non-hydrogen) atoms. The maximum atomic E-state index is 5.64. The highest BCUT2D eigenvalue weighted by molar-refractivity contribution is 5.25. The van der Waals surface area contributed by atoms with Gasteiger partial charge in [-0.05, 0) is 25.2 Å². The van der Waals surface area contributed by atoms with E-state index in [1.807, 2.05) is 49.5 Å². The molecule has 0 aliphatic heterocycles. The van der Waals surface area contributed by atoms with Gasteiger partial charge in [-0.2, -0.15) is 0 Å². The molecular weight excluding hydrogens is 240 g/mol. The molecule has 0 unspecified atom stereocenters. The summed E-state index contributed by atoms with van der Waals surface area (Å²) in [5.74, 6) is 1.51. The third kappa shape index (κ3) is 4.26. The van der Waals surface area contributed by atoms with Crippen LogP contribution in [0.3, 0.4) is 0 Å². The molecule has 0 amide bonds. The fraction of sp³-hybridized carbons (Fsp3) is 0.267. The number of pyridine rings is 1. The first kappa shape index (κ1) is 13.4. The van der Waals surface area contributed by atoms with Crippen molar-refractivity contribution >= 4 is 0 Å². The van der Waals surface area contributed by atoms with Crippen molar-refractivity contribution in [3.05, 3.63) is 54.2 Å². The molecule has 4 nitrogen and oxygen atoms in total. The lowest BCUT2D eigenvalue weighted by Gasteiger charge is -2.10. The maximum Gasteiger partial charge on any atom is 0.217 e. The topological polar surface area (TPSA) is 43.4 Å². The molecule has 0 saturated carbocycles. The van der Waals surface area contributed by atoms with Crippen LogP contribution in [0.4, 0.5) is 0 Å². The number of hydrogen-bond acceptors (Lipinski definition) is 4. The summed E-state index contributed by atoms with van der Waals surface area (Å²) in [5, 5.41) is 3.09. The number of rotatable bonds is 7. The molecule has 1 N–H and O–H groups in total.